The molecule has 0 aliphatic heterocycles. The highest BCUT2D eigenvalue weighted by Crippen LogP contribution is 1.89. The first-order chi connectivity index (χ1) is 4.26. The SMILES string of the molecule is CN/C(C)=C(\C=O)NC. The van der Waals surface area contributed by atoms with Gasteiger partial charge in [-0.2, -0.15) is 0 Å². The van der Waals surface area contributed by atoms with Crippen LogP contribution >= 0.6 is 0 Å². The monoisotopic (exact) mass is 128 g/mol. The standard InChI is InChI=1S/C6H12N2O/c1-5(7-2)6(4-9)8-3/h4,7-8H,1-3H3/b6-5+. The topological polar surface area (TPSA) is 41.1 Å². The number of carbonyl (C=O) groups is 1. The number of rotatable bonds is 3. The quantitative estimate of drug-likeness (QED) is 0.410. The van der Waals surface area contributed by atoms with Crippen LogP contribution in [0.15, 0.2) is 11.4 Å². The summed E-state index contributed by atoms with van der Waals surface area (Å²) >= 11 is 0. The Kier molecular flexibility index (Phi) is 3.51. The highest BCUT2D eigenvalue weighted by Gasteiger charge is 1.93. The van der Waals surface area contributed by atoms with E-state index in [4.69, 9.17) is 0 Å². The maximum Gasteiger partial charge on any atom is 0.167 e. The lowest BCUT2D eigenvalue weighted by molar-refractivity contribution is -0.105. The Morgan fingerprint density at radius 2 is 1.89 bits per heavy atom. The van der Waals surface area contributed by atoms with Crippen molar-refractivity contribution in [2.75, 3.05) is 14.1 Å². The summed E-state index contributed by atoms with van der Waals surface area (Å²) in [6.07, 6.45) is 0.784. The number of aldehydes is 1. The second-order valence-corrected chi connectivity index (χ2v) is 1.66. The van der Waals surface area contributed by atoms with Crippen LogP contribution in [-0.4, -0.2) is 20.4 Å². The van der Waals surface area contributed by atoms with Crippen molar-refractivity contribution < 1.29 is 4.79 Å². The largest absolute Gasteiger partial charge is 0.390 e. The number of nitrogens with one attached hydrogen (secondary N) is 2. The Bertz CT molecular complexity index is 129. The lowest BCUT2D eigenvalue weighted by Gasteiger charge is -2.03. The molecule has 0 aromatic heterocycles. The van der Waals surface area contributed by atoms with Crippen molar-refractivity contribution in [1.29, 1.82) is 0 Å². The molecule has 0 fully saturated rings. The maximum atomic E-state index is 10.2. The Morgan fingerprint density at radius 3 is 2.00 bits per heavy atom. The van der Waals surface area contributed by atoms with Gasteiger partial charge in [0, 0.05) is 19.8 Å². The van der Waals surface area contributed by atoms with Gasteiger partial charge in [-0.25, -0.2) is 0 Å². The third-order valence-electron chi connectivity index (χ3n) is 1.17. The van der Waals surface area contributed by atoms with Crippen LogP contribution in [0.25, 0.3) is 0 Å². The number of allylic oxidation sites excluding steroid dienone is 2. The van der Waals surface area contributed by atoms with Crippen molar-refractivity contribution in [2.45, 2.75) is 6.92 Å². The van der Waals surface area contributed by atoms with Gasteiger partial charge in [0.05, 0.1) is 5.70 Å². The van der Waals surface area contributed by atoms with Gasteiger partial charge in [0.2, 0.25) is 0 Å². The Labute approximate surface area is 55.1 Å². The average molecular weight is 128 g/mol. The van der Waals surface area contributed by atoms with E-state index in [9.17, 15) is 4.79 Å². The molecule has 2 N–H and O–H groups in total. The molecule has 0 bridgehead atoms. The predicted molar refractivity (Wildman–Crippen MR) is 36.9 cm³/mol. The van der Waals surface area contributed by atoms with Crippen LogP contribution in [0.2, 0.25) is 0 Å². The predicted octanol–water partition coefficient (Wildman–Crippen LogP) is -0.144. The third-order valence-corrected chi connectivity index (χ3v) is 1.17. The minimum atomic E-state index is 0.595. The molecular weight excluding hydrogens is 116 g/mol. The van der Waals surface area contributed by atoms with Crippen LogP contribution in [0.5, 0.6) is 0 Å². The fourth-order valence-electron chi connectivity index (χ4n) is 0.469. The van der Waals surface area contributed by atoms with Crippen molar-refractivity contribution in [3.63, 3.8) is 0 Å². The van der Waals surface area contributed by atoms with Crippen molar-refractivity contribution in [1.82, 2.24) is 10.6 Å². The molecule has 0 atom stereocenters. The molecular formula is C6H12N2O. The van der Waals surface area contributed by atoms with E-state index in [0.29, 0.717) is 5.70 Å². The Morgan fingerprint density at radius 1 is 1.33 bits per heavy atom. The molecule has 0 saturated heterocycles. The first kappa shape index (κ1) is 8.01. The van der Waals surface area contributed by atoms with Gasteiger partial charge >= 0.3 is 0 Å². The summed E-state index contributed by atoms with van der Waals surface area (Å²) in [5.41, 5.74) is 1.45. The second-order valence-electron chi connectivity index (χ2n) is 1.66. The number of carbonyl (C=O) groups excluding carboxylic acids is 1. The van der Waals surface area contributed by atoms with Gasteiger partial charge in [-0.1, -0.05) is 0 Å². The fourth-order valence-corrected chi connectivity index (χ4v) is 0.469. The van der Waals surface area contributed by atoms with E-state index in [2.05, 4.69) is 10.6 Å². The van der Waals surface area contributed by atoms with Crippen LogP contribution in [0.3, 0.4) is 0 Å². The molecule has 0 spiro atoms. The molecule has 3 nitrogen and oxygen atoms in total. The van der Waals surface area contributed by atoms with Gasteiger partial charge in [0.25, 0.3) is 0 Å². The third kappa shape index (κ3) is 2.17. The first-order valence-corrected chi connectivity index (χ1v) is 2.77. The smallest absolute Gasteiger partial charge is 0.167 e. The lowest BCUT2D eigenvalue weighted by Crippen LogP contribution is -2.15. The van der Waals surface area contributed by atoms with Crippen molar-refractivity contribution in [3.05, 3.63) is 11.4 Å². The molecule has 0 aromatic carbocycles. The normalized spacial score (nSPS) is 11.9. The van der Waals surface area contributed by atoms with E-state index >= 15 is 0 Å². The van der Waals surface area contributed by atoms with E-state index in [1.165, 1.54) is 0 Å². The summed E-state index contributed by atoms with van der Waals surface area (Å²) in [6.45, 7) is 1.83. The first-order valence-electron chi connectivity index (χ1n) is 2.77. The van der Waals surface area contributed by atoms with Gasteiger partial charge < -0.3 is 10.6 Å². The molecule has 0 rings (SSSR count). The molecule has 3 heteroatoms. The highest BCUT2D eigenvalue weighted by molar-refractivity contribution is 5.73. The minimum absolute atomic E-state index is 0.595. The molecule has 9 heavy (non-hydrogen) atoms. The van der Waals surface area contributed by atoms with Crippen molar-refractivity contribution >= 4 is 6.29 Å². The lowest BCUT2D eigenvalue weighted by atomic mass is 10.4. The summed E-state index contributed by atoms with van der Waals surface area (Å²) in [5.74, 6) is 0. The Balaban J connectivity index is 4.18. The van der Waals surface area contributed by atoms with Gasteiger partial charge in [-0.05, 0) is 6.92 Å². The van der Waals surface area contributed by atoms with E-state index < -0.39 is 0 Å². The summed E-state index contributed by atoms with van der Waals surface area (Å²) in [5, 5.41) is 5.60. The molecule has 52 valence electrons. The van der Waals surface area contributed by atoms with Crippen LogP contribution in [-0.2, 0) is 4.79 Å². The second kappa shape index (κ2) is 3.95. The molecule has 0 aromatic rings. The van der Waals surface area contributed by atoms with E-state index in [0.717, 1.165) is 12.0 Å². The molecule has 0 unspecified atom stereocenters. The van der Waals surface area contributed by atoms with Crippen LogP contribution in [0.1, 0.15) is 6.92 Å². The molecule has 0 radical (unpaired) electrons. The fraction of sp³-hybridized carbons (Fsp3) is 0.500. The van der Waals surface area contributed by atoms with Crippen molar-refractivity contribution in [2.24, 2.45) is 0 Å². The maximum absolute atomic E-state index is 10.2. The van der Waals surface area contributed by atoms with E-state index in [1.54, 1.807) is 14.1 Å². The molecule has 0 aliphatic carbocycles. The van der Waals surface area contributed by atoms with E-state index in [-0.39, 0.29) is 0 Å². The molecule has 0 aliphatic rings. The Hall–Kier alpha value is -0.990. The van der Waals surface area contributed by atoms with Crippen LogP contribution < -0.4 is 10.6 Å². The number of hydrogen-bond acceptors (Lipinski definition) is 3. The van der Waals surface area contributed by atoms with Gasteiger partial charge in [0.15, 0.2) is 6.29 Å². The summed E-state index contributed by atoms with van der Waals surface area (Å²) in [4.78, 5) is 10.2. The zero-order valence-corrected chi connectivity index (χ0v) is 5.99. The minimum Gasteiger partial charge on any atom is -0.390 e. The van der Waals surface area contributed by atoms with Gasteiger partial charge in [-0.3, -0.25) is 4.79 Å². The highest BCUT2D eigenvalue weighted by atomic mass is 16.1. The number of likely N-dealkylation sites (N-methyl/N-ethyl adjacent to an activating group) is 1. The summed E-state index contributed by atoms with van der Waals surface area (Å²) in [6, 6.07) is 0. The summed E-state index contributed by atoms with van der Waals surface area (Å²) in [7, 11) is 3.49. The zero-order chi connectivity index (χ0) is 7.28. The molecule has 0 saturated carbocycles. The van der Waals surface area contributed by atoms with Gasteiger partial charge in [0.1, 0.15) is 0 Å². The van der Waals surface area contributed by atoms with E-state index in [1.807, 2.05) is 6.92 Å². The number of hydrogen-bond donors (Lipinski definition) is 2. The zero-order valence-electron chi connectivity index (χ0n) is 5.99. The average Bonchev–Trinajstić information content (AvgIpc) is 1.90. The van der Waals surface area contributed by atoms with Crippen molar-refractivity contribution in [3.8, 4) is 0 Å². The van der Waals surface area contributed by atoms with Gasteiger partial charge in [-0.15, -0.1) is 0 Å². The molecule has 0 heterocycles. The van der Waals surface area contributed by atoms with Crippen LogP contribution in [0.4, 0.5) is 0 Å². The summed E-state index contributed by atoms with van der Waals surface area (Å²) < 4.78 is 0. The molecule has 0 amide bonds. The van der Waals surface area contributed by atoms with Crippen LogP contribution in [0, 0.1) is 0 Å².